The largest absolute Gasteiger partial charge is 0.469 e. The zero-order valence-electron chi connectivity index (χ0n) is 52.1. The van der Waals surface area contributed by atoms with Crippen molar-refractivity contribution in [1.82, 2.24) is 20.9 Å². The molecule has 20 unspecified atom stereocenters. The first-order valence-electron chi connectivity index (χ1n) is 29.5. The molecule has 0 saturated carbocycles. The van der Waals surface area contributed by atoms with Crippen LogP contribution in [0.4, 0.5) is 0 Å². The van der Waals surface area contributed by atoms with E-state index >= 15 is 0 Å². The van der Waals surface area contributed by atoms with Gasteiger partial charge in [-0.25, -0.2) is 14.4 Å². The first-order chi connectivity index (χ1) is 44.3. The molecule has 3 aromatic rings. The summed E-state index contributed by atoms with van der Waals surface area (Å²) in [6, 6.07) is 19.9. The monoisotopic (exact) mass is 1320 g/mol. The Bertz CT molecular complexity index is 2850. The van der Waals surface area contributed by atoms with E-state index in [9.17, 15) is 79.2 Å². The van der Waals surface area contributed by atoms with Gasteiger partial charge in [0.15, 0.2) is 37.3 Å². The lowest BCUT2D eigenvalue weighted by Crippen LogP contribution is -2.74. The van der Waals surface area contributed by atoms with Crippen LogP contribution in [0.2, 0.25) is 0 Å². The average Bonchev–Trinajstić information content (AvgIpc) is 0.768. The van der Waals surface area contributed by atoms with Crippen molar-refractivity contribution in [1.29, 1.82) is 0 Å². The summed E-state index contributed by atoms with van der Waals surface area (Å²) in [6.45, 7) is 2.56. The van der Waals surface area contributed by atoms with Gasteiger partial charge in [-0.05, 0) is 49.2 Å². The standard InChI is InChI=1S/C30H29NO9.C22H38N2O13.C9H17NO6/c1-19(32)31-24-26(40-29(35)22-16-10-5-11-17-22)25(39-28(34)21-14-8-4-9-15-21)23(38-30(24)36-2)18-37-27(33)20-12-6-3-7-13-20;1-10(27)23-15-19(32)17(30)12(8-25)36-21(15)24(11(2)28)16-20(33)18(31)13(9-26)37-22(16)35-7-5-4-6-14(29)34-3;1-4(12)10-6-8(14)7(13)5(3-11)16-9(6)15-2/h3-17,23-26,30H,18H2,1-2H3,(H,31,32);12-13,15-22,25-26,30-33H,4-9H2,1-3H3,(H,23,27);5-9,11,13-14H,3H2,1-2H3,(H,10,12). The van der Waals surface area contributed by atoms with Gasteiger partial charge in [0.25, 0.3) is 0 Å². The summed E-state index contributed by atoms with van der Waals surface area (Å²) in [4.78, 5) is 99.0. The third kappa shape index (κ3) is 21.1. The molecule has 20 atom stereocenters. The third-order valence-corrected chi connectivity index (χ3v) is 15.0. The van der Waals surface area contributed by atoms with Gasteiger partial charge < -0.3 is 119 Å². The second kappa shape index (κ2) is 37.6. The van der Waals surface area contributed by atoms with Crippen molar-refractivity contribution >= 4 is 47.5 Å². The topological polar surface area (TPSA) is 459 Å². The summed E-state index contributed by atoms with van der Waals surface area (Å²) in [7, 11) is 3.95. The first-order valence-corrected chi connectivity index (χ1v) is 29.5. The number of unbranched alkanes of at least 4 members (excludes halogenated alkanes) is 1. The number of aliphatic hydroxyl groups is 9. The highest BCUT2D eigenvalue weighted by Gasteiger charge is 2.56. The Kier molecular flexibility index (Phi) is 30.9. The number of rotatable bonds is 23. The second-order valence-electron chi connectivity index (χ2n) is 21.6. The lowest BCUT2D eigenvalue weighted by molar-refractivity contribution is -0.308. The van der Waals surface area contributed by atoms with Crippen molar-refractivity contribution in [2.75, 3.05) is 54.4 Å². The van der Waals surface area contributed by atoms with Crippen LogP contribution in [0.15, 0.2) is 91.0 Å². The molecule has 0 bridgehead atoms. The van der Waals surface area contributed by atoms with Crippen LogP contribution in [-0.4, -0.2) is 275 Å². The van der Waals surface area contributed by atoms with Gasteiger partial charge in [0.05, 0.1) is 43.6 Å². The smallest absolute Gasteiger partial charge is 0.338 e. The fourth-order valence-electron chi connectivity index (χ4n) is 10.4. The van der Waals surface area contributed by atoms with Crippen LogP contribution in [0, 0.1) is 0 Å². The number of nitrogens with zero attached hydrogens (tertiary/aromatic N) is 1. The van der Waals surface area contributed by atoms with Crippen molar-refractivity contribution in [2.45, 2.75) is 169 Å². The van der Waals surface area contributed by atoms with Crippen LogP contribution >= 0.6 is 0 Å². The number of amides is 4. The van der Waals surface area contributed by atoms with Gasteiger partial charge in [-0.15, -0.1) is 0 Å². The number of nitrogens with one attached hydrogen (secondary N) is 3. The summed E-state index contributed by atoms with van der Waals surface area (Å²) in [5.41, 5.74) is 0.785. The molecule has 32 nitrogen and oxygen atoms in total. The minimum Gasteiger partial charge on any atom is -0.469 e. The van der Waals surface area contributed by atoms with Crippen LogP contribution in [0.5, 0.6) is 0 Å². The van der Waals surface area contributed by atoms with Crippen LogP contribution in [-0.2, 0) is 76.1 Å². The molecule has 4 heterocycles. The highest BCUT2D eigenvalue weighted by Crippen LogP contribution is 2.34. The van der Waals surface area contributed by atoms with Gasteiger partial charge in [0.2, 0.25) is 23.6 Å². The number of carbonyl (C=O) groups is 8. The van der Waals surface area contributed by atoms with E-state index < -0.39 is 184 Å². The third-order valence-electron chi connectivity index (χ3n) is 15.0. The fourth-order valence-corrected chi connectivity index (χ4v) is 10.4. The Labute approximate surface area is 534 Å². The number of aliphatic hydroxyl groups excluding tert-OH is 9. The van der Waals surface area contributed by atoms with Gasteiger partial charge in [-0.1, -0.05) is 54.6 Å². The molecule has 7 rings (SSSR count). The molecule has 0 spiro atoms. The number of ether oxygens (including phenoxy) is 11. The molecule has 0 aromatic heterocycles. The molecule has 4 saturated heterocycles. The maximum Gasteiger partial charge on any atom is 0.338 e. The number of esters is 4. The van der Waals surface area contributed by atoms with E-state index in [1.165, 1.54) is 35.2 Å². The molecule has 0 aliphatic carbocycles. The summed E-state index contributed by atoms with van der Waals surface area (Å²) >= 11 is 0. The summed E-state index contributed by atoms with van der Waals surface area (Å²) in [6.07, 6.45) is -20.6. The minimum absolute atomic E-state index is 0.00782. The highest BCUT2D eigenvalue weighted by molar-refractivity contribution is 5.91. The number of methoxy groups -OCH3 is 3. The molecule has 4 amide bonds. The zero-order chi connectivity index (χ0) is 68.6. The van der Waals surface area contributed by atoms with E-state index in [1.54, 1.807) is 91.0 Å². The summed E-state index contributed by atoms with van der Waals surface area (Å²) < 4.78 is 60.5. The normalized spacial score (nSPS) is 30.6. The van der Waals surface area contributed by atoms with E-state index in [0.29, 0.717) is 18.4 Å². The lowest BCUT2D eigenvalue weighted by atomic mass is 9.91. The Balaban J connectivity index is 0.000000274. The van der Waals surface area contributed by atoms with E-state index in [2.05, 4.69) is 20.7 Å². The van der Waals surface area contributed by atoms with Gasteiger partial charge in [-0.2, -0.15) is 0 Å². The SMILES string of the molecule is COC(=O)CCCCOC1OC(CO)C(O)C(O)C1N(C(C)=O)C1OC(CO)C(O)C(O)C1NC(C)=O.COC1OC(CO)C(O)C(O)C1NC(C)=O.COC1OC(COC(=O)c2ccccc2)C(OC(=O)c2ccccc2)C(OC(=O)c2ccccc2)C1NC(C)=O. The number of carbonyl (C=O) groups excluding carboxylic acids is 8. The quantitative estimate of drug-likeness (QED) is 0.0251. The van der Waals surface area contributed by atoms with Crippen molar-refractivity contribution in [2.24, 2.45) is 0 Å². The molecule has 4 fully saturated rings. The van der Waals surface area contributed by atoms with Gasteiger partial charge in [0, 0.05) is 54.9 Å². The molecule has 0 radical (unpaired) electrons. The molecule has 4 aliphatic rings. The van der Waals surface area contributed by atoms with Crippen LogP contribution in [0.1, 0.15) is 78.0 Å². The maximum atomic E-state index is 13.2. The first kappa shape index (κ1) is 76.5. The highest BCUT2D eigenvalue weighted by atomic mass is 16.7. The Morgan fingerprint density at radius 3 is 1.34 bits per heavy atom. The molecule has 12 N–H and O–H groups in total. The maximum absolute atomic E-state index is 13.2. The Morgan fingerprint density at radius 1 is 0.473 bits per heavy atom. The van der Waals surface area contributed by atoms with Crippen LogP contribution < -0.4 is 16.0 Å². The fraction of sp³-hybridized carbons (Fsp3) is 0.574. The van der Waals surface area contributed by atoms with Gasteiger partial charge in [0.1, 0.15) is 91.8 Å². The van der Waals surface area contributed by atoms with Gasteiger partial charge in [-0.3, -0.25) is 24.0 Å². The van der Waals surface area contributed by atoms with E-state index in [1.807, 2.05) is 0 Å². The molecular formula is C61H84N4O28. The molecule has 3 aromatic carbocycles. The van der Waals surface area contributed by atoms with Gasteiger partial charge >= 0.3 is 23.9 Å². The zero-order valence-corrected chi connectivity index (χ0v) is 52.1. The minimum atomic E-state index is -1.74. The predicted molar refractivity (Wildman–Crippen MR) is 315 cm³/mol. The predicted octanol–water partition coefficient (Wildman–Crippen LogP) is -3.31. The van der Waals surface area contributed by atoms with Crippen molar-refractivity contribution in [3.63, 3.8) is 0 Å². The lowest BCUT2D eigenvalue weighted by Gasteiger charge is -2.52. The summed E-state index contributed by atoms with van der Waals surface area (Å²) in [5, 5.41) is 97.6. The van der Waals surface area contributed by atoms with E-state index in [-0.39, 0.29) is 36.7 Å². The number of hydrogen-bond acceptors (Lipinski definition) is 28. The molecule has 516 valence electrons. The average molecular weight is 1320 g/mol. The molecular weight excluding hydrogens is 1240 g/mol. The molecule has 4 aliphatic heterocycles. The van der Waals surface area contributed by atoms with Crippen molar-refractivity contribution < 1.29 is 136 Å². The van der Waals surface area contributed by atoms with Crippen molar-refractivity contribution in [3.05, 3.63) is 108 Å². The van der Waals surface area contributed by atoms with Crippen molar-refractivity contribution in [3.8, 4) is 0 Å². The second-order valence-corrected chi connectivity index (χ2v) is 21.6. The van der Waals surface area contributed by atoms with E-state index in [0.717, 1.165) is 18.7 Å². The van der Waals surface area contributed by atoms with E-state index in [4.69, 9.17) is 52.5 Å². The van der Waals surface area contributed by atoms with Crippen LogP contribution in [0.25, 0.3) is 0 Å². The Hall–Kier alpha value is -7.22. The molecule has 93 heavy (non-hydrogen) atoms. The van der Waals surface area contributed by atoms with Crippen LogP contribution in [0.3, 0.4) is 0 Å². The molecule has 32 heteroatoms. The Morgan fingerprint density at radius 2 is 0.882 bits per heavy atom. The number of hydrogen-bond donors (Lipinski definition) is 12. The number of benzene rings is 3. The summed E-state index contributed by atoms with van der Waals surface area (Å²) in [5.74, 6) is -4.70.